The number of nitrogens with zero attached hydrogens (tertiary/aromatic N) is 2. The van der Waals surface area contributed by atoms with Gasteiger partial charge in [-0.15, -0.1) is 0 Å². The molecule has 28 heavy (non-hydrogen) atoms. The Kier molecular flexibility index (Phi) is 7.37. The van der Waals surface area contributed by atoms with Crippen LogP contribution in [0.1, 0.15) is 66.6 Å². The Morgan fingerprint density at radius 2 is 1.18 bits per heavy atom. The van der Waals surface area contributed by atoms with Crippen molar-refractivity contribution in [2.45, 2.75) is 52.4 Å². The molecular weight excluding hydrogens is 360 g/mol. The molecule has 0 spiro atoms. The van der Waals surface area contributed by atoms with Gasteiger partial charge in [0.25, 0.3) is 11.4 Å². The molecule has 0 aliphatic heterocycles. The Bertz CT molecular complexity index is 821. The lowest BCUT2D eigenvalue weighted by molar-refractivity contribution is -0.386. The van der Waals surface area contributed by atoms with E-state index in [0.717, 1.165) is 25.7 Å². The highest BCUT2D eigenvalue weighted by Crippen LogP contribution is 2.32. The zero-order valence-corrected chi connectivity index (χ0v) is 16.1. The maximum Gasteiger partial charge on any atom is 0.283 e. The minimum Gasteiger partial charge on any atom is -0.288 e. The molecule has 0 bridgehead atoms. The first-order valence-corrected chi connectivity index (χ1v) is 9.49. The molecule has 0 amide bonds. The van der Waals surface area contributed by atoms with E-state index < -0.39 is 15.6 Å². The first-order valence-electron chi connectivity index (χ1n) is 9.49. The average Bonchev–Trinajstić information content (AvgIpc) is 2.69. The fourth-order valence-corrected chi connectivity index (χ4v) is 3.26. The second-order valence-corrected chi connectivity index (χ2v) is 6.68. The summed E-state index contributed by atoms with van der Waals surface area (Å²) in [5.41, 5.74) is 0.233. The minimum absolute atomic E-state index is 0.102. The third-order valence-corrected chi connectivity index (χ3v) is 4.69. The summed E-state index contributed by atoms with van der Waals surface area (Å²) in [5.74, 6) is -0.685. The Morgan fingerprint density at radius 3 is 1.50 bits per heavy atom. The van der Waals surface area contributed by atoms with Gasteiger partial charge in [0, 0.05) is 11.1 Å². The molecule has 148 valence electrons. The van der Waals surface area contributed by atoms with Gasteiger partial charge in [0.1, 0.15) is 11.1 Å². The van der Waals surface area contributed by atoms with Gasteiger partial charge in [-0.3, -0.25) is 25.0 Å². The van der Waals surface area contributed by atoms with E-state index in [0.29, 0.717) is 24.0 Å². The number of hydrogen-bond donors (Lipinski definition) is 0. The molecule has 7 nitrogen and oxygen atoms in total. The van der Waals surface area contributed by atoms with Crippen LogP contribution in [0.15, 0.2) is 36.4 Å². The monoisotopic (exact) mass is 384 g/mol. The molecule has 0 atom stereocenters. The predicted octanol–water partition coefficient (Wildman–Crippen LogP) is 5.42. The number of unbranched alkanes of at least 4 members (excludes halogenated alkanes) is 2. The molecule has 0 aliphatic carbocycles. The zero-order valence-electron chi connectivity index (χ0n) is 16.1. The number of benzene rings is 2. The number of para-hydroxylation sites is 2. The lowest BCUT2D eigenvalue weighted by atomic mass is 9.93. The largest absolute Gasteiger partial charge is 0.288 e. The maximum atomic E-state index is 13.1. The van der Waals surface area contributed by atoms with E-state index >= 15 is 0 Å². The summed E-state index contributed by atoms with van der Waals surface area (Å²) >= 11 is 0. The summed E-state index contributed by atoms with van der Waals surface area (Å²) in [6.45, 7) is 3.96. The first-order chi connectivity index (χ1) is 13.4. The number of nitro groups is 2. The quantitative estimate of drug-likeness (QED) is 0.309. The van der Waals surface area contributed by atoms with Gasteiger partial charge < -0.3 is 0 Å². The number of ketones is 1. The Hall–Kier alpha value is -3.09. The topological polar surface area (TPSA) is 103 Å². The summed E-state index contributed by atoms with van der Waals surface area (Å²) in [7, 11) is 0. The van der Waals surface area contributed by atoms with Gasteiger partial charge in [-0.1, -0.05) is 51.0 Å². The molecule has 0 saturated carbocycles. The number of aryl methyl sites for hydroxylation is 2. The van der Waals surface area contributed by atoms with Crippen LogP contribution >= 0.6 is 0 Å². The van der Waals surface area contributed by atoms with Crippen LogP contribution in [-0.2, 0) is 12.8 Å². The second kappa shape index (κ2) is 9.73. The summed E-state index contributed by atoms with van der Waals surface area (Å²) in [6.07, 6.45) is 4.19. The molecular formula is C21H24N2O5. The number of carbonyl (C=O) groups excluding carboxylic acids is 1. The van der Waals surface area contributed by atoms with E-state index in [9.17, 15) is 25.0 Å². The van der Waals surface area contributed by atoms with E-state index in [2.05, 4.69) is 0 Å². The molecule has 0 radical (unpaired) electrons. The van der Waals surface area contributed by atoms with Crippen molar-refractivity contribution in [2.24, 2.45) is 0 Å². The van der Waals surface area contributed by atoms with E-state index in [4.69, 9.17) is 0 Å². The lowest BCUT2D eigenvalue weighted by Gasteiger charge is -2.10. The van der Waals surface area contributed by atoms with E-state index in [1.54, 1.807) is 24.3 Å². The summed E-state index contributed by atoms with van der Waals surface area (Å²) in [4.78, 5) is 35.4. The van der Waals surface area contributed by atoms with Gasteiger partial charge in [-0.25, -0.2) is 0 Å². The van der Waals surface area contributed by atoms with Crippen molar-refractivity contribution in [3.63, 3.8) is 0 Å². The van der Waals surface area contributed by atoms with Crippen LogP contribution < -0.4 is 0 Å². The van der Waals surface area contributed by atoms with Gasteiger partial charge in [0.15, 0.2) is 0 Å². The SMILES string of the molecule is CCCCc1cccc(C(=O)c2cccc(CCCC)c2[N+](=O)[O-])c1[N+](=O)[O-]. The number of nitro benzene ring substituents is 2. The molecule has 0 heterocycles. The Balaban J connectivity index is 2.60. The van der Waals surface area contributed by atoms with Crippen molar-refractivity contribution < 1.29 is 14.6 Å². The number of hydrogen-bond acceptors (Lipinski definition) is 5. The molecule has 2 rings (SSSR count). The van der Waals surface area contributed by atoms with Crippen LogP contribution in [0, 0.1) is 20.2 Å². The zero-order chi connectivity index (χ0) is 20.7. The van der Waals surface area contributed by atoms with Gasteiger partial charge in [-0.2, -0.15) is 0 Å². The highest BCUT2D eigenvalue weighted by molar-refractivity contribution is 6.14. The van der Waals surface area contributed by atoms with E-state index in [1.807, 2.05) is 13.8 Å². The van der Waals surface area contributed by atoms with E-state index in [-0.39, 0.29) is 22.5 Å². The molecule has 2 aromatic rings. The van der Waals surface area contributed by atoms with Crippen LogP contribution in [0.2, 0.25) is 0 Å². The third-order valence-electron chi connectivity index (χ3n) is 4.69. The van der Waals surface area contributed by atoms with Crippen LogP contribution in [0.25, 0.3) is 0 Å². The van der Waals surface area contributed by atoms with Crippen LogP contribution in [-0.4, -0.2) is 15.6 Å². The molecule has 7 heteroatoms. The Labute approximate surface area is 163 Å². The van der Waals surface area contributed by atoms with Crippen LogP contribution in [0.4, 0.5) is 11.4 Å². The second-order valence-electron chi connectivity index (χ2n) is 6.68. The molecule has 2 aromatic carbocycles. The highest BCUT2D eigenvalue weighted by atomic mass is 16.6. The first kappa shape index (κ1) is 21.2. The standard InChI is InChI=1S/C21H24N2O5/c1-3-5-9-15-11-7-13-17(19(15)22(25)26)21(24)18-14-8-12-16(10-6-4-2)20(18)23(27)28/h7-8,11-14H,3-6,9-10H2,1-2H3. The molecule has 0 unspecified atom stereocenters. The maximum absolute atomic E-state index is 13.1. The summed E-state index contributed by atoms with van der Waals surface area (Å²) in [6, 6.07) is 9.21. The van der Waals surface area contributed by atoms with Gasteiger partial charge >= 0.3 is 0 Å². The third kappa shape index (κ3) is 4.60. The lowest BCUT2D eigenvalue weighted by Crippen LogP contribution is -2.11. The minimum atomic E-state index is -0.685. The normalized spacial score (nSPS) is 10.6. The van der Waals surface area contributed by atoms with Crippen molar-refractivity contribution in [1.29, 1.82) is 0 Å². The molecule has 0 saturated heterocycles. The number of rotatable bonds is 10. The summed E-state index contributed by atoms with van der Waals surface area (Å²) in [5, 5.41) is 23.4. The highest BCUT2D eigenvalue weighted by Gasteiger charge is 2.30. The fourth-order valence-electron chi connectivity index (χ4n) is 3.26. The fraction of sp³-hybridized carbons (Fsp3) is 0.381. The van der Waals surface area contributed by atoms with Crippen molar-refractivity contribution in [3.05, 3.63) is 78.9 Å². The smallest absolute Gasteiger partial charge is 0.283 e. The average molecular weight is 384 g/mol. The van der Waals surface area contributed by atoms with Crippen molar-refractivity contribution in [2.75, 3.05) is 0 Å². The predicted molar refractivity (Wildman–Crippen MR) is 107 cm³/mol. The summed E-state index contributed by atoms with van der Waals surface area (Å²) < 4.78 is 0. The van der Waals surface area contributed by atoms with Crippen LogP contribution in [0.3, 0.4) is 0 Å². The van der Waals surface area contributed by atoms with Crippen molar-refractivity contribution in [1.82, 2.24) is 0 Å². The van der Waals surface area contributed by atoms with Gasteiger partial charge in [-0.05, 0) is 37.8 Å². The van der Waals surface area contributed by atoms with Gasteiger partial charge in [0.2, 0.25) is 5.78 Å². The number of carbonyl (C=O) groups is 1. The molecule has 0 fully saturated rings. The molecule has 0 aliphatic rings. The molecule has 0 N–H and O–H groups in total. The van der Waals surface area contributed by atoms with Crippen molar-refractivity contribution in [3.8, 4) is 0 Å². The molecule has 0 aromatic heterocycles. The Morgan fingerprint density at radius 1 is 0.786 bits per heavy atom. The van der Waals surface area contributed by atoms with E-state index in [1.165, 1.54) is 12.1 Å². The van der Waals surface area contributed by atoms with Gasteiger partial charge in [0.05, 0.1) is 9.85 Å². The van der Waals surface area contributed by atoms with Crippen LogP contribution in [0.5, 0.6) is 0 Å². The van der Waals surface area contributed by atoms with Crippen molar-refractivity contribution >= 4 is 17.2 Å².